The first-order chi connectivity index (χ1) is 10.4. The summed E-state index contributed by atoms with van der Waals surface area (Å²) in [5.74, 6) is 3.47. The Bertz CT molecular complexity index is 677. The lowest BCUT2D eigenvalue weighted by atomic mass is 10.1. The maximum absolute atomic E-state index is 4.54. The van der Waals surface area contributed by atoms with Crippen LogP contribution in [0.25, 0.3) is 10.8 Å². The topological polar surface area (TPSA) is 12.9 Å². The van der Waals surface area contributed by atoms with E-state index in [-0.39, 0.29) is 0 Å². The van der Waals surface area contributed by atoms with Gasteiger partial charge >= 0.3 is 0 Å². The minimum atomic E-state index is -1.70. The van der Waals surface area contributed by atoms with Gasteiger partial charge in [-0.2, -0.15) is 0 Å². The Labute approximate surface area is 136 Å². The molecule has 0 saturated heterocycles. The quantitative estimate of drug-likeness (QED) is 0.515. The van der Waals surface area contributed by atoms with Crippen molar-refractivity contribution < 1.29 is 0 Å². The van der Waals surface area contributed by atoms with Gasteiger partial charge in [0, 0.05) is 11.6 Å². The molecule has 0 atom stereocenters. The Morgan fingerprint density at radius 3 is 2.05 bits per heavy atom. The molecule has 0 aliphatic heterocycles. The fourth-order valence-corrected chi connectivity index (χ4v) is 9.02. The summed E-state index contributed by atoms with van der Waals surface area (Å²) in [6.07, 6.45) is 1.87. The summed E-state index contributed by atoms with van der Waals surface area (Å²) in [5, 5.41) is 2.38. The molecule has 22 heavy (non-hydrogen) atoms. The number of pyridine rings is 1. The Hall–Kier alpha value is -1.59. The van der Waals surface area contributed by atoms with Crippen molar-refractivity contribution in [3.8, 4) is 11.5 Å². The van der Waals surface area contributed by atoms with Gasteiger partial charge in [0.2, 0.25) is 0 Å². The maximum atomic E-state index is 4.54. The van der Waals surface area contributed by atoms with Crippen molar-refractivity contribution in [2.45, 2.75) is 58.2 Å². The van der Waals surface area contributed by atoms with Crippen LogP contribution in [0, 0.1) is 11.5 Å². The zero-order valence-corrected chi connectivity index (χ0v) is 15.6. The van der Waals surface area contributed by atoms with Crippen LogP contribution in [0.3, 0.4) is 0 Å². The number of aromatic nitrogens is 1. The van der Waals surface area contributed by atoms with Crippen LogP contribution in [0.2, 0.25) is 16.6 Å². The largest absolute Gasteiger partial charge is 0.247 e. The molecule has 0 radical (unpaired) electrons. The first-order valence-electron chi connectivity index (χ1n) is 8.26. The predicted molar refractivity (Wildman–Crippen MR) is 99.7 cm³/mol. The van der Waals surface area contributed by atoms with E-state index in [9.17, 15) is 0 Å². The van der Waals surface area contributed by atoms with Crippen LogP contribution >= 0.6 is 0 Å². The molecule has 0 fully saturated rings. The summed E-state index contributed by atoms with van der Waals surface area (Å²) < 4.78 is 0. The molecule has 0 amide bonds. The minimum Gasteiger partial charge on any atom is -0.247 e. The highest BCUT2D eigenvalue weighted by Gasteiger charge is 2.41. The summed E-state index contributed by atoms with van der Waals surface area (Å²) in [6.45, 7) is 14.1. The van der Waals surface area contributed by atoms with Gasteiger partial charge in [-0.15, -0.1) is 5.54 Å². The lowest BCUT2D eigenvalue weighted by molar-refractivity contribution is 0.838. The van der Waals surface area contributed by atoms with Crippen molar-refractivity contribution >= 4 is 18.8 Å². The smallest absolute Gasteiger partial charge is 0.146 e. The molecule has 2 heteroatoms. The van der Waals surface area contributed by atoms with E-state index in [2.05, 4.69) is 88.3 Å². The first kappa shape index (κ1) is 16.8. The van der Waals surface area contributed by atoms with Crippen molar-refractivity contribution in [3.63, 3.8) is 0 Å². The highest BCUT2D eigenvalue weighted by Crippen LogP contribution is 2.40. The molecule has 1 aromatic heterocycles. The first-order valence-corrected chi connectivity index (χ1v) is 10.5. The fraction of sp³-hybridized carbons (Fsp3) is 0.450. The molecule has 2 aromatic rings. The summed E-state index contributed by atoms with van der Waals surface area (Å²) in [5.41, 5.74) is 6.64. The average Bonchev–Trinajstić information content (AvgIpc) is 2.47. The fourth-order valence-electron chi connectivity index (χ4n) is 3.82. The number of rotatable bonds is 3. The monoisotopic (exact) mass is 309 g/mol. The highest BCUT2D eigenvalue weighted by atomic mass is 28.3. The zero-order valence-electron chi connectivity index (χ0n) is 14.6. The molecule has 0 saturated carbocycles. The lowest BCUT2D eigenvalue weighted by Gasteiger charge is -2.38. The van der Waals surface area contributed by atoms with Crippen LogP contribution in [0.1, 0.15) is 47.2 Å². The minimum absolute atomic E-state index is 0.648. The molecule has 1 aromatic carbocycles. The van der Waals surface area contributed by atoms with Crippen LogP contribution < -0.4 is 0 Å². The SMILES string of the molecule is CC(C)[Si](C#Cc1nccc2ccccc12)(C(C)C)C(C)C. The summed E-state index contributed by atoms with van der Waals surface area (Å²) in [6, 6.07) is 10.4. The number of benzene rings is 1. The van der Waals surface area contributed by atoms with Gasteiger partial charge in [0.05, 0.1) is 0 Å². The second-order valence-electron chi connectivity index (χ2n) is 7.03. The van der Waals surface area contributed by atoms with Crippen molar-refractivity contribution in [1.82, 2.24) is 4.98 Å². The number of hydrogen-bond donors (Lipinski definition) is 0. The molecule has 0 N–H and O–H groups in total. The molecule has 1 heterocycles. The van der Waals surface area contributed by atoms with Crippen molar-refractivity contribution in [2.24, 2.45) is 0 Å². The van der Waals surface area contributed by atoms with Gasteiger partial charge in [0.1, 0.15) is 13.8 Å². The normalized spacial score (nSPS) is 12.0. The maximum Gasteiger partial charge on any atom is 0.146 e. The molecule has 0 aliphatic carbocycles. The van der Waals surface area contributed by atoms with Crippen LogP contribution in [-0.2, 0) is 0 Å². The molecule has 1 nitrogen and oxygen atoms in total. The second-order valence-corrected chi connectivity index (χ2v) is 12.6. The Morgan fingerprint density at radius 2 is 1.45 bits per heavy atom. The van der Waals surface area contributed by atoms with Gasteiger partial charge in [0.25, 0.3) is 0 Å². The van der Waals surface area contributed by atoms with E-state index in [0.29, 0.717) is 16.6 Å². The Balaban J connectivity index is 2.58. The van der Waals surface area contributed by atoms with E-state index in [1.165, 1.54) is 5.39 Å². The van der Waals surface area contributed by atoms with E-state index < -0.39 is 8.07 Å². The van der Waals surface area contributed by atoms with Crippen LogP contribution in [0.15, 0.2) is 36.5 Å². The van der Waals surface area contributed by atoms with Crippen molar-refractivity contribution in [2.75, 3.05) is 0 Å². The highest BCUT2D eigenvalue weighted by molar-refractivity contribution is 6.90. The van der Waals surface area contributed by atoms with Gasteiger partial charge in [-0.3, -0.25) is 0 Å². The lowest BCUT2D eigenvalue weighted by Crippen LogP contribution is -2.43. The third-order valence-corrected chi connectivity index (χ3v) is 11.2. The van der Waals surface area contributed by atoms with E-state index in [1.54, 1.807) is 0 Å². The number of fused-ring (bicyclic) bond motifs is 1. The molecule has 2 rings (SSSR count). The van der Waals surface area contributed by atoms with E-state index in [4.69, 9.17) is 0 Å². The van der Waals surface area contributed by atoms with E-state index in [0.717, 1.165) is 11.1 Å². The van der Waals surface area contributed by atoms with Crippen LogP contribution in [0.5, 0.6) is 0 Å². The predicted octanol–water partition coefficient (Wildman–Crippen LogP) is 5.80. The van der Waals surface area contributed by atoms with E-state index in [1.807, 2.05) is 6.20 Å². The van der Waals surface area contributed by atoms with Crippen molar-refractivity contribution in [3.05, 3.63) is 42.2 Å². The summed E-state index contributed by atoms with van der Waals surface area (Å²) in [4.78, 5) is 4.54. The number of hydrogen-bond acceptors (Lipinski definition) is 1. The van der Waals surface area contributed by atoms with Crippen LogP contribution in [-0.4, -0.2) is 13.1 Å². The summed E-state index contributed by atoms with van der Waals surface area (Å²) >= 11 is 0. The van der Waals surface area contributed by atoms with Gasteiger partial charge in [-0.1, -0.05) is 71.7 Å². The Morgan fingerprint density at radius 1 is 0.864 bits per heavy atom. The summed E-state index contributed by atoms with van der Waals surface area (Å²) in [7, 11) is -1.70. The molecule has 0 aliphatic rings. The van der Waals surface area contributed by atoms with Gasteiger partial charge in [-0.25, -0.2) is 4.98 Å². The third kappa shape index (κ3) is 2.96. The van der Waals surface area contributed by atoms with Gasteiger partial charge < -0.3 is 0 Å². The molecule has 0 unspecified atom stereocenters. The van der Waals surface area contributed by atoms with Crippen LogP contribution in [0.4, 0.5) is 0 Å². The number of nitrogens with zero attached hydrogens (tertiary/aromatic N) is 1. The molecular formula is C20H27NSi. The Kier molecular flexibility index (Phi) is 5.08. The molecule has 0 bridgehead atoms. The molecule has 0 spiro atoms. The van der Waals surface area contributed by atoms with Gasteiger partial charge in [-0.05, 0) is 28.1 Å². The van der Waals surface area contributed by atoms with Crippen molar-refractivity contribution in [1.29, 1.82) is 0 Å². The molecular weight excluding hydrogens is 282 g/mol. The second kappa shape index (κ2) is 6.67. The average molecular weight is 310 g/mol. The van der Waals surface area contributed by atoms with Gasteiger partial charge in [0.15, 0.2) is 0 Å². The molecule has 116 valence electrons. The van der Waals surface area contributed by atoms with E-state index >= 15 is 0 Å². The standard InChI is InChI=1S/C20H27NSi/c1-15(2)22(16(3)4,17(5)6)14-12-20-19-10-8-7-9-18(19)11-13-21-20/h7-11,13,15-17H,1-6H3. The zero-order chi connectivity index (χ0) is 16.3. The third-order valence-electron chi connectivity index (χ3n) is 4.94.